The molecule has 0 unspecified atom stereocenters. The molecule has 1 heterocycles. The van der Waals surface area contributed by atoms with Gasteiger partial charge in [0.2, 0.25) is 0 Å². The van der Waals surface area contributed by atoms with Crippen molar-refractivity contribution in [3.63, 3.8) is 0 Å². The Kier molecular flexibility index (Phi) is 5.00. The Labute approximate surface area is 148 Å². The molecule has 0 spiro atoms. The van der Waals surface area contributed by atoms with Crippen molar-refractivity contribution < 1.29 is 19.0 Å². The molecule has 1 N–H and O–H groups in total. The Morgan fingerprint density at radius 2 is 1.84 bits per heavy atom. The average Bonchev–Trinajstić information content (AvgIpc) is 2.92. The zero-order valence-electron chi connectivity index (χ0n) is 13.3. The summed E-state index contributed by atoms with van der Waals surface area (Å²) in [5, 5.41) is 10.8. The summed E-state index contributed by atoms with van der Waals surface area (Å²) >= 11 is 1.16. The van der Waals surface area contributed by atoms with Crippen molar-refractivity contribution in [2.75, 3.05) is 7.11 Å². The largest absolute Gasteiger partial charge is 0.506 e. The fourth-order valence-corrected chi connectivity index (χ4v) is 3.26. The highest BCUT2D eigenvalue weighted by molar-refractivity contribution is 8.18. The van der Waals surface area contributed by atoms with Crippen molar-refractivity contribution in [2.45, 2.75) is 0 Å². The van der Waals surface area contributed by atoms with Crippen molar-refractivity contribution in [2.24, 2.45) is 4.99 Å². The van der Waals surface area contributed by atoms with Crippen molar-refractivity contribution in [1.82, 2.24) is 0 Å². The van der Waals surface area contributed by atoms with Crippen LogP contribution >= 0.6 is 11.8 Å². The first-order valence-electron chi connectivity index (χ1n) is 7.39. The normalized spacial score (nSPS) is 17.4. The lowest BCUT2D eigenvalue weighted by Crippen LogP contribution is -2.10. The predicted molar refractivity (Wildman–Crippen MR) is 97.2 cm³/mol. The lowest BCUT2D eigenvalue weighted by molar-refractivity contribution is -0.135. The highest BCUT2D eigenvalue weighted by atomic mass is 32.2. The number of carbonyl (C=O) groups is 1. The first-order chi connectivity index (χ1) is 12.1. The lowest BCUT2D eigenvalue weighted by atomic mass is 10.1. The van der Waals surface area contributed by atoms with Crippen LogP contribution in [0.3, 0.4) is 0 Å². The van der Waals surface area contributed by atoms with Gasteiger partial charge in [-0.2, -0.15) is 0 Å². The molecule has 6 heteroatoms. The summed E-state index contributed by atoms with van der Waals surface area (Å²) in [6, 6.07) is 14.9. The first kappa shape index (κ1) is 17.0. The van der Waals surface area contributed by atoms with E-state index >= 15 is 0 Å². The van der Waals surface area contributed by atoms with Crippen LogP contribution in [0.1, 0.15) is 5.56 Å². The number of halogens is 1. The van der Waals surface area contributed by atoms with E-state index in [1.54, 1.807) is 30.3 Å². The third kappa shape index (κ3) is 3.80. The first-order valence-corrected chi connectivity index (χ1v) is 8.21. The monoisotopic (exact) mass is 355 g/mol. The number of hydrogen-bond donors (Lipinski definition) is 1. The van der Waals surface area contributed by atoms with Gasteiger partial charge in [-0.1, -0.05) is 42.1 Å². The number of methoxy groups -OCH3 is 1. The molecule has 0 bridgehead atoms. The molecular formula is C19H14FNO3S. The molecular weight excluding hydrogens is 341 g/mol. The van der Waals surface area contributed by atoms with Crippen LogP contribution < -0.4 is 0 Å². The summed E-state index contributed by atoms with van der Waals surface area (Å²) in [4.78, 5) is 16.9. The predicted octanol–water partition coefficient (Wildman–Crippen LogP) is 4.63. The third-order valence-electron chi connectivity index (χ3n) is 3.43. The highest BCUT2D eigenvalue weighted by Crippen LogP contribution is 2.40. The number of carbonyl (C=O) groups excluding carboxylic acids is 1. The molecule has 0 radical (unpaired) electrons. The number of ether oxygens (including phenoxy) is 1. The summed E-state index contributed by atoms with van der Waals surface area (Å²) in [5.74, 6) is -1.21. The number of rotatable bonds is 3. The van der Waals surface area contributed by atoms with Gasteiger partial charge >= 0.3 is 5.97 Å². The van der Waals surface area contributed by atoms with E-state index in [2.05, 4.69) is 4.99 Å². The maximum Gasteiger partial charge on any atom is 0.344 e. The van der Waals surface area contributed by atoms with E-state index in [1.807, 2.05) is 18.2 Å². The zero-order chi connectivity index (χ0) is 17.8. The van der Waals surface area contributed by atoms with E-state index in [1.165, 1.54) is 19.2 Å². The number of para-hydroxylation sites is 1. The SMILES string of the molecule is COC(=O)C1=C(O)C(=Cc2ccc(F)cc2)SC1=Nc1ccccc1. The standard InChI is InChI=1S/C19H14FNO3S/c1-24-19(23)16-17(22)15(11-12-7-9-13(20)10-8-12)25-18(16)21-14-5-3-2-4-6-14/h2-11,22H,1H3. The van der Waals surface area contributed by atoms with Crippen LogP contribution in [0, 0.1) is 5.82 Å². The second-order valence-electron chi connectivity index (χ2n) is 5.13. The van der Waals surface area contributed by atoms with Gasteiger partial charge in [0, 0.05) is 0 Å². The molecule has 2 aromatic carbocycles. The van der Waals surface area contributed by atoms with Gasteiger partial charge < -0.3 is 9.84 Å². The summed E-state index contributed by atoms with van der Waals surface area (Å²) in [6.45, 7) is 0. The molecule has 1 aliphatic rings. The number of benzene rings is 2. The van der Waals surface area contributed by atoms with Gasteiger partial charge in [0.05, 0.1) is 17.7 Å². The van der Waals surface area contributed by atoms with Crippen LogP contribution in [0.4, 0.5) is 10.1 Å². The quantitative estimate of drug-likeness (QED) is 0.816. The summed E-state index contributed by atoms with van der Waals surface area (Å²) in [7, 11) is 1.25. The molecule has 2 aromatic rings. The summed E-state index contributed by atoms with van der Waals surface area (Å²) < 4.78 is 17.8. The molecule has 0 amide bonds. The van der Waals surface area contributed by atoms with Gasteiger partial charge in [-0.15, -0.1) is 0 Å². The van der Waals surface area contributed by atoms with E-state index < -0.39 is 5.97 Å². The van der Waals surface area contributed by atoms with Crippen LogP contribution in [0.5, 0.6) is 0 Å². The molecule has 0 aliphatic carbocycles. The van der Waals surface area contributed by atoms with E-state index in [0.29, 0.717) is 21.2 Å². The maximum atomic E-state index is 13.0. The number of aliphatic hydroxyl groups excluding tert-OH is 1. The van der Waals surface area contributed by atoms with Crippen molar-refractivity contribution >= 4 is 34.5 Å². The van der Waals surface area contributed by atoms with E-state index in [4.69, 9.17) is 4.74 Å². The van der Waals surface area contributed by atoms with E-state index in [0.717, 1.165) is 11.8 Å². The fourth-order valence-electron chi connectivity index (χ4n) is 2.22. The molecule has 0 atom stereocenters. The average molecular weight is 355 g/mol. The zero-order valence-corrected chi connectivity index (χ0v) is 14.1. The van der Waals surface area contributed by atoms with Crippen molar-refractivity contribution in [1.29, 1.82) is 0 Å². The van der Waals surface area contributed by atoms with Gasteiger partial charge in [-0.25, -0.2) is 14.2 Å². The fraction of sp³-hybridized carbons (Fsp3) is 0.0526. The second-order valence-corrected chi connectivity index (χ2v) is 6.16. The van der Waals surface area contributed by atoms with Crippen LogP contribution in [0.2, 0.25) is 0 Å². The molecule has 0 saturated heterocycles. The molecule has 3 rings (SSSR count). The minimum absolute atomic E-state index is 0.0183. The Morgan fingerprint density at radius 1 is 1.16 bits per heavy atom. The van der Waals surface area contributed by atoms with Gasteiger partial charge in [0.25, 0.3) is 0 Å². The Balaban J connectivity index is 2.03. The van der Waals surface area contributed by atoms with Crippen molar-refractivity contribution in [3.05, 3.63) is 82.2 Å². The molecule has 0 saturated carbocycles. The number of hydrogen-bond acceptors (Lipinski definition) is 5. The molecule has 126 valence electrons. The summed E-state index contributed by atoms with van der Waals surface area (Å²) in [5.41, 5.74) is 1.37. The van der Waals surface area contributed by atoms with Gasteiger partial charge in [0.15, 0.2) is 0 Å². The smallest absolute Gasteiger partial charge is 0.344 e. The number of aliphatic imine (C=N–C) groups is 1. The molecule has 0 fully saturated rings. The number of thioether (sulfide) groups is 1. The van der Waals surface area contributed by atoms with Gasteiger partial charge in [-0.05, 0) is 35.9 Å². The molecule has 25 heavy (non-hydrogen) atoms. The van der Waals surface area contributed by atoms with Gasteiger partial charge in [0.1, 0.15) is 22.2 Å². The molecule has 1 aliphatic heterocycles. The van der Waals surface area contributed by atoms with Crippen LogP contribution in [-0.2, 0) is 9.53 Å². The maximum absolute atomic E-state index is 13.0. The Hall–Kier alpha value is -2.86. The number of nitrogens with zero attached hydrogens (tertiary/aromatic N) is 1. The van der Waals surface area contributed by atoms with Crippen LogP contribution in [0.15, 0.2) is 75.8 Å². The highest BCUT2D eigenvalue weighted by Gasteiger charge is 2.32. The third-order valence-corrected chi connectivity index (χ3v) is 4.45. The minimum Gasteiger partial charge on any atom is -0.506 e. The molecule has 0 aromatic heterocycles. The second kappa shape index (κ2) is 7.36. The van der Waals surface area contributed by atoms with Gasteiger partial charge in [-0.3, -0.25) is 0 Å². The Bertz CT molecular complexity index is 887. The summed E-state index contributed by atoms with van der Waals surface area (Å²) in [6.07, 6.45) is 1.66. The van der Waals surface area contributed by atoms with E-state index in [9.17, 15) is 14.3 Å². The number of aliphatic hydroxyl groups is 1. The topological polar surface area (TPSA) is 58.9 Å². The Morgan fingerprint density at radius 3 is 2.48 bits per heavy atom. The lowest BCUT2D eigenvalue weighted by Gasteiger charge is -2.01. The minimum atomic E-state index is -0.665. The number of esters is 1. The van der Waals surface area contributed by atoms with E-state index in [-0.39, 0.29) is 17.1 Å². The molecule has 4 nitrogen and oxygen atoms in total. The van der Waals surface area contributed by atoms with Crippen LogP contribution in [0.25, 0.3) is 6.08 Å². The van der Waals surface area contributed by atoms with Crippen molar-refractivity contribution in [3.8, 4) is 0 Å². The van der Waals surface area contributed by atoms with Crippen LogP contribution in [-0.4, -0.2) is 23.2 Å².